The maximum atomic E-state index is 13.0. The van der Waals surface area contributed by atoms with Crippen molar-refractivity contribution < 1.29 is 4.79 Å². The fourth-order valence-electron chi connectivity index (χ4n) is 2.91. The quantitative estimate of drug-likeness (QED) is 0.932. The lowest BCUT2D eigenvalue weighted by molar-refractivity contribution is -0.127. The molecule has 7 nitrogen and oxygen atoms in total. The second kappa shape index (κ2) is 6.20. The maximum absolute atomic E-state index is 13.0. The Balaban J connectivity index is 2.13. The van der Waals surface area contributed by atoms with Crippen LogP contribution in [0.3, 0.4) is 0 Å². The van der Waals surface area contributed by atoms with Crippen molar-refractivity contribution in [1.29, 1.82) is 0 Å². The third kappa shape index (κ3) is 2.58. The summed E-state index contributed by atoms with van der Waals surface area (Å²) in [7, 11) is 0. The molecule has 3 rings (SSSR count). The lowest BCUT2D eigenvalue weighted by Gasteiger charge is -2.31. The van der Waals surface area contributed by atoms with E-state index in [-0.39, 0.29) is 11.9 Å². The predicted molar refractivity (Wildman–Crippen MR) is 86.6 cm³/mol. The van der Waals surface area contributed by atoms with Gasteiger partial charge >= 0.3 is 0 Å². The normalized spacial score (nSPS) is 16.7. The van der Waals surface area contributed by atoms with Gasteiger partial charge in [0, 0.05) is 18.8 Å². The summed E-state index contributed by atoms with van der Waals surface area (Å²) in [5, 5.41) is 14.9. The number of allylic oxidation sites excluding steroid dienone is 1. The highest BCUT2D eigenvalue weighted by molar-refractivity contribution is 5.96. The molecule has 0 fully saturated rings. The van der Waals surface area contributed by atoms with E-state index in [1.807, 2.05) is 56.0 Å². The molecule has 7 heteroatoms. The van der Waals surface area contributed by atoms with Crippen molar-refractivity contribution in [1.82, 2.24) is 25.1 Å². The first-order valence-electron chi connectivity index (χ1n) is 7.77. The van der Waals surface area contributed by atoms with Crippen LogP contribution in [-0.4, -0.2) is 44.1 Å². The molecular weight excluding hydrogens is 292 g/mol. The minimum Gasteiger partial charge on any atom is -0.339 e. The van der Waals surface area contributed by atoms with Crippen molar-refractivity contribution >= 4 is 11.9 Å². The standard InChI is InChI=1S/C16H20N6O/c1-4-21(5-2)15(23)13-11(3)17-16-18-19-20-22(16)14(13)12-9-7-6-8-10-12/h6-10,14H,4-5H2,1-3H3,(H,17,18,20)/t14-/m1/s1. The molecule has 0 spiro atoms. The Kier molecular flexibility index (Phi) is 4.10. The molecule has 1 N–H and O–H groups in total. The third-order valence-electron chi connectivity index (χ3n) is 4.11. The molecule has 2 aromatic rings. The number of amides is 1. The van der Waals surface area contributed by atoms with Crippen molar-refractivity contribution in [2.45, 2.75) is 26.8 Å². The number of hydrogen-bond acceptors (Lipinski definition) is 5. The van der Waals surface area contributed by atoms with Gasteiger partial charge in [-0.25, -0.2) is 0 Å². The van der Waals surface area contributed by atoms with E-state index < -0.39 is 0 Å². The van der Waals surface area contributed by atoms with E-state index in [1.165, 1.54) is 0 Å². The van der Waals surface area contributed by atoms with Gasteiger partial charge in [0.25, 0.3) is 5.91 Å². The molecule has 0 aliphatic carbocycles. The Labute approximate surface area is 135 Å². The zero-order valence-corrected chi connectivity index (χ0v) is 13.5. The molecular formula is C16H20N6O. The minimum absolute atomic E-state index is 0.00926. The molecule has 1 aromatic carbocycles. The van der Waals surface area contributed by atoms with Gasteiger partial charge in [-0.3, -0.25) is 4.79 Å². The third-order valence-corrected chi connectivity index (χ3v) is 4.11. The SMILES string of the molecule is CCN(CC)C(=O)C1=C(C)Nc2nnnn2[C@@H]1c1ccccc1. The van der Waals surface area contributed by atoms with Gasteiger partial charge in [0.2, 0.25) is 5.95 Å². The van der Waals surface area contributed by atoms with Crippen LogP contribution < -0.4 is 5.32 Å². The molecule has 0 bridgehead atoms. The van der Waals surface area contributed by atoms with Gasteiger partial charge in [-0.1, -0.05) is 35.4 Å². The van der Waals surface area contributed by atoms with Crippen molar-refractivity contribution in [3.63, 3.8) is 0 Å². The molecule has 1 aliphatic rings. The Bertz CT molecular complexity index is 732. The molecule has 0 radical (unpaired) electrons. The molecule has 1 aromatic heterocycles. The van der Waals surface area contributed by atoms with Crippen LogP contribution in [0, 0.1) is 0 Å². The zero-order chi connectivity index (χ0) is 16.4. The Hall–Kier alpha value is -2.70. The van der Waals surface area contributed by atoms with Gasteiger partial charge in [-0.05, 0) is 36.8 Å². The largest absolute Gasteiger partial charge is 0.339 e. The summed E-state index contributed by atoms with van der Waals surface area (Å²) in [5.74, 6) is 0.558. The second-order valence-electron chi connectivity index (χ2n) is 5.40. The Morgan fingerprint density at radius 1 is 1.26 bits per heavy atom. The van der Waals surface area contributed by atoms with Crippen LogP contribution in [0.15, 0.2) is 41.6 Å². The smallest absolute Gasteiger partial charge is 0.254 e. The number of nitrogens with one attached hydrogen (secondary N) is 1. The number of aromatic nitrogens is 4. The van der Waals surface area contributed by atoms with E-state index in [9.17, 15) is 4.79 Å². The number of nitrogens with zero attached hydrogens (tertiary/aromatic N) is 5. The van der Waals surface area contributed by atoms with Crippen LogP contribution in [0.2, 0.25) is 0 Å². The summed E-state index contributed by atoms with van der Waals surface area (Å²) in [6.07, 6.45) is 0. The fourth-order valence-corrected chi connectivity index (χ4v) is 2.91. The summed E-state index contributed by atoms with van der Waals surface area (Å²) in [5.41, 5.74) is 2.45. The maximum Gasteiger partial charge on any atom is 0.254 e. The fraction of sp³-hybridized carbons (Fsp3) is 0.375. The number of likely N-dealkylation sites (N-methyl/N-ethyl adjacent to an activating group) is 1. The summed E-state index contributed by atoms with van der Waals surface area (Å²) in [4.78, 5) is 14.8. The minimum atomic E-state index is -0.324. The van der Waals surface area contributed by atoms with Gasteiger partial charge in [0.15, 0.2) is 0 Å². The number of tetrazole rings is 1. The molecule has 23 heavy (non-hydrogen) atoms. The van der Waals surface area contributed by atoms with Crippen LogP contribution in [0.25, 0.3) is 0 Å². The summed E-state index contributed by atoms with van der Waals surface area (Å²) in [6.45, 7) is 7.18. The predicted octanol–water partition coefficient (Wildman–Crippen LogP) is 1.83. The second-order valence-corrected chi connectivity index (χ2v) is 5.40. The molecule has 0 saturated heterocycles. The number of hydrogen-bond donors (Lipinski definition) is 1. The van der Waals surface area contributed by atoms with Crippen LogP contribution in [0.5, 0.6) is 0 Å². The van der Waals surface area contributed by atoms with Crippen LogP contribution >= 0.6 is 0 Å². The molecule has 0 saturated carbocycles. The van der Waals surface area contributed by atoms with E-state index in [2.05, 4.69) is 20.8 Å². The summed E-state index contributed by atoms with van der Waals surface area (Å²) >= 11 is 0. The van der Waals surface area contributed by atoms with E-state index in [0.29, 0.717) is 24.6 Å². The highest BCUT2D eigenvalue weighted by Gasteiger charge is 2.35. The summed E-state index contributed by atoms with van der Waals surface area (Å²) < 4.78 is 1.67. The van der Waals surface area contributed by atoms with Crippen LogP contribution in [-0.2, 0) is 4.79 Å². The number of carbonyl (C=O) groups excluding carboxylic acids is 1. The number of anilines is 1. The molecule has 1 aliphatic heterocycles. The lowest BCUT2D eigenvalue weighted by atomic mass is 9.94. The Morgan fingerprint density at radius 2 is 1.96 bits per heavy atom. The van der Waals surface area contributed by atoms with Crippen molar-refractivity contribution in [3.05, 3.63) is 47.2 Å². The molecule has 2 heterocycles. The van der Waals surface area contributed by atoms with Gasteiger partial charge in [-0.2, -0.15) is 4.68 Å². The average molecular weight is 312 g/mol. The topological polar surface area (TPSA) is 75.9 Å². The van der Waals surface area contributed by atoms with Gasteiger partial charge in [-0.15, -0.1) is 0 Å². The average Bonchev–Trinajstić information content (AvgIpc) is 3.03. The van der Waals surface area contributed by atoms with Crippen molar-refractivity contribution in [2.24, 2.45) is 0 Å². The highest BCUT2D eigenvalue weighted by atomic mass is 16.2. The van der Waals surface area contributed by atoms with E-state index in [4.69, 9.17) is 0 Å². The zero-order valence-electron chi connectivity index (χ0n) is 13.5. The number of rotatable bonds is 4. The van der Waals surface area contributed by atoms with Gasteiger partial charge in [0.05, 0.1) is 5.57 Å². The molecule has 1 atom stereocenters. The van der Waals surface area contributed by atoms with Crippen molar-refractivity contribution in [2.75, 3.05) is 18.4 Å². The van der Waals surface area contributed by atoms with Gasteiger partial charge in [0.1, 0.15) is 6.04 Å². The van der Waals surface area contributed by atoms with Crippen LogP contribution in [0.1, 0.15) is 32.4 Å². The van der Waals surface area contributed by atoms with Gasteiger partial charge < -0.3 is 10.2 Å². The lowest BCUT2D eigenvalue weighted by Crippen LogP contribution is -2.38. The molecule has 120 valence electrons. The highest BCUT2D eigenvalue weighted by Crippen LogP contribution is 2.34. The summed E-state index contributed by atoms with van der Waals surface area (Å²) in [6, 6.07) is 9.52. The number of benzene rings is 1. The molecule has 0 unspecified atom stereocenters. The Morgan fingerprint density at radius 3 is 2.61 bits per heavy atom. The monoisotopic (exact) mass is 312 g/mol. The number of carbonyl (C=O) groups is 1. The van der Waals surface area contributed by atoms with E-state index in [0.717, 1.165) is 11.3 Å². The first kappa shape index (κ1) is 15.2. The van der Waals surface area contributed by atoms with E-state index >= 15 is 0 Å². The molecule has 1 amide bonds. The first-order valence-corrected chi connectivity index (χ1v) is 7.77. The van der Waals surface area contributed by atoms with Crippen molar-refractivity contribution in [3.8, 4) is 0 Å². The number of fused-ring (bicyclic) bond motifs is 1. The van der Waals surface area contributed by atoms with E-state index in [1.54, 1.807) is 4.68 Å². The van der Waals surface area contributed by atoms with Crippen LogP contribution in [0.4, 0.5) is 5.95 Å². The first-order chi connectivity index (χ1) is 11.2.